The molecule has 5 aromatic carbocycles. The van der Waals surface area contributed by atoms with E-state index < -0.39 is 18.1 Å². The molecule has 6 aromatic rings. The highest BCUT2D eigenvalue weighted by Crippen LogP contribution is 2.43. The lowest BCUT2D eigenvalue weighted by molar-refractivity contribution is -0.143. The summed E-state index contributed by atoms with van der Waals surface area (Å²) in [6.07, 6.45) is 4.67. The number of aromatic nitrogens is 1. The van der Waals surface area contributed by atoms with Crippen molar-refractivity contribution in [1.29, 1.82) is 0 Å². The van der Waals surface area contributed by atoms with E-state index in [0.717, 1.165) is 69.5 Å². The zero-order valence-electron chi connectivity index (χ0n) is 34.7. The molecule has 1 amide bonds. The smallest absolute Gasteiger partial charge is 0.326 e. The predicted octanol–water partition coefficient (Wildman–Crippen LogP) is 10.8. The molecule has 0 saturated heterocycles. The topological polar surface area (TPSA) is 110 Å². The summed E-state index contributed by atoms with van der Waals surface area (Å²) in [5, 5.41) is 14.3. The fourth-order valence-corrected chi connectivity index (χ4v) is 8.73. The first-order valence-corrected chi connectivity index (χ1v) is 21.9. The summed E-state index contributed by atoms with van der Waals surface area (Å²) in [5.41, 5.74) is 8.89. The minimum Gasteiger partial charge on any atom is -0.489 e. The van der Waals surface area contributed by atoms with Crippen molar-refractivity contribution in [3.05, 3.63) is 177 Å². The number of carboxylic acid groups (broad SMARTS) is 1. The van der Waals surface area contributed by atoms with Crippen molar-refractivity contribution in [1.82, 2.24) is 15.2 Å². The van der Waals surface area contributed by atoms with E-state index in [2.05, 4.69) is 47.2 Å². The number of carbonyl (C=O) groups excluding carboxylic acids is 1. The lowest BCUT2D eigenvalue weighted by Gasteiger charge is -2.42. The number of ether oxygens (including phenoxy) is 3. The third-order valence-corrected chi connectivity index (χ3v) is 12.4. The molecule has 318 valence electrons. The molecular formula is C51H49Cl2N3O6. The Hall–Kier alpha value is -5.87. The van der Waals surface area contributed by atoms with Crippen LogP contribution in [-0.2, 0) is 42.0 Å². The number of aliphatic carboxylic acids is 1. The van der Waals surface area contributed by atoms with E-state index in [1.807, 2.05) is 97.2 Å². The number of aryl methyl sites for hydroxylation is 1. The molecule has 0 fully saturated rings. The number of halogens is 2. The van der Waals surface area contributed by atoms with Gasteiger partial charge >= 0.3 is 5.97 Å². The van der Waals surface area contributed by atoms with Crippen LogP contribution in [0, 0.1) is 0 Å². The largest absolute Gasteiger partial charge is 0.489 e. The molecule has 2 aliphatic heterocycles. The fourth-order valence-electron chi connectivity index (χ4n) is 8.41. The van der Waals surface area contributed by atoms with Gasteiger partial charge in [-0.15, -0.1) is 0 Å². The zero-order valence-corrected chi connectivity index (χ0v) is 36.2. The van der Waals surface area contributed by atoms with Crippen molar-refractivity contribution < 1.29 is 28.9 Å². The van der Waals surface area contributed by atoms with Gasteiger partial charge in [0.05, 0.1) is 16.1 Å². The van der Waals surface area contributed by atoms with E-state index in [1.165, 1.54) is 0 Å². The second-order valence-corrected chi connectivity index (χ2v) is 16.7. The fraction of sp³-hybridized carbons (Fsp3) is 0.275. The van der Waals surface area contributed by atoms with Gasteiger partial charge in [-0.2, -0.15) is 0 Å². The molecule has 4 atom stereocenters. The molecular weight excluding hydrogens is 821 g/mol. The van der Waals surface area contributed by atoms with Crippen LogP contribution in [0.4, 0.5) is 0 Å². The van der Waals surface area contributed by atoms with Crippen LogP contribution in [0.2, 0.25) is 10.0 Å². The average Bonchev–Trinajstić information content (AvgIpc) is 3.29. The first-order chi connectivity index (χ1) is 30.1. The number of nitrogens with zero attached hydrogens (tertiary/aromatic N) is 2. The first kappa shape index (κ1) is 42.8. The Morgan fingerprint density at radius 3 is 2.34 bits per heavy atom. The minimum absolute atomic E-state index is 0.0969. The number of hydrogen-bond acceptors (Lipinski definition) is 7. The van der Waals surface area contributed by atoms with Crippen molar-refractivity contribution in [2.24, 2.45) is 0 Å². The summed E-state index contributed by atoms with van der Waals surface area (Å²) >= 11 is 12.2. The molecule has 2 aliphatic rings. The number of hydrogen-bond donors (Lipinski definition) is 2. The Morgan fingerprint density at radius 1 is 0.855 bits per heavy atom. The SMILES string of the molecule is CCCc1cc(-c2ccc(CC(NC(=O)C3Cc4cc5c(cc4CN3C(CC)c3ccccc3)OC(c3ccc(OCc4ccc(Cl)c(Cl)c4)cc3)CO5)C(=O)O)cc2)ccn1. The van der Waals surface area contributed by atoms with E-state index >= 15 is 0 Å². The van der Waals surface area contributed by atoms with Gasteiger partial charge in [0.2, 0.25) is 5.91 Å². The quantitative estimate of drug-likeness (QED) is 0.105. The normalized spacial score (nSPS) is 16.8. The Kier molecular flexibility index (Phi) is 13.4. The highest BCUT2D eigenvalue weighted by molar-refractivity contribution is 6.42. The highest BCUT2D eigenvalue weighted by atomic mass is 35.5. The van der Waals surface area contributed by atoms with Crippen LogP contribution < -0.4 is 19.5 Å². The number of amides is 1. The number of rotatable bonds is 15. The van der Waals surface area contributed by atoms with Crippen molar-refractivity contribution in [2.75, 3.05) is 6.61 Å². The maximum absolute atomic E-state index is 14.5. The van der Waals surface area contributed by atoms with Crippen molar-refractivity contribution in [3.8, 4) is 28.4 Å². The van der Waals surface area contributed by atoms with E-state index in [4.69, 9.17) is 37.4 Å². The number of carbonyl (C=O) groups is 2. The van der Waals surface area contributed by atoms with Crippen molar-refractivity contribution >= 4 is 35.1 Å². The van der Waals surface area contributed by atoms with Gasteiger partial charge in [0, 0.05) is 30.9 Å². The molecule has 62 heavy (non-hydrogen) atoms. The van der Waals surface area contributed by atoms with Gasteiger partial charge < -0.3 is 24.6 Å². The van der Waals surface area contributed by atoms with Crippen LogP contribution in [0.5, 0.6) is 17.2 Å². The van der Waals surface area contributed by atoms with Gasteiger partial charge in [0.25, 0.3) is 0 Å². The van der Waals surface area contributed by atoms with E-state index in [1.54, 1.807) is 12.1 Å². The Labute approximate surface area is 372 Å². The lowest BCUT2D eigenvalue weighted by atomic mass is 9.89. The molecule has 0 spiro atoms. The summed E-state index contributed by atoms with van der Waals surface area (Å²) in [6.45, 7) is 5.36. The summed E-state index contributed by atoms with van der Waals surface area (Å²) < 4.78 is 18.9. The van der Waals surface area contributed by atoms with Crippen LogP contribution in [0.15, 0.2) is 128 Å². The van der Waals surface area contributed by atoms with Gasteiger partial charge in [0.15, 0.2) is 17.6 Å². The first-order valence-electron chi connectivity index (χ1n) is 21.2. The number of nitrogens with one attached hydrogen (secondary N) is 1. The number of benzene rings is 5. The van der Waals surface area contributed by atoms with Crippen LogP contribution in [-0.4, -0.2) is 45.6 Å². The van der Waals surface area contributed by atoms with Gasteiger partial charge in [-0.05, 0) is 112 Å². The molecule has 8 rings (SSSR count). The minimum atomic E-state index is -1.12. The van der Waals surface area contributed by atoms with Crippen LogP contribution in [0.25, 0.3) is 11.1 Å². The molecule has 0 radical (unpaired) electrons. The summed E-state index contributed by atoms with van der Waals surface area (Å²) in [6, 6.07) is 37.5. The molecule has 9 nitrogen and oxygen atoms in total. The molecule has 4 unspecified atom stereocenters. The van der Waals surface area contributed by atoms with Crippen molar-refractivity contribution in [3.63, 3.8) is 0 Å². The predicted molar refractivity (Wildman–Crippen MR) is 242 cm³/mol. The maximum atomic E-state index is 14.5. The lowest BCUT2D eigenvalue weighted by Crippen LogP contribution is -2.55. The molecule has 2 N–H and O–H groups in total. The third kappa shape index (κ3) is 9.92. The maximum Gasteiger partial charge on any atom is 0.326 e. The second-order valence-electron chi connectivity index (χ2n) is 15.9. The van der Waals surface area contributed by atoms with Crippen LogP contribution in [0.3, 0.4) is 0 Å². The molecule has 0 aliphatic carbocycles. The Bertz CT molecular complexity index is 2520. The monoisotopic (exact) mass is 869 g/mol. The second kappa shape index (κ2) is 19.5. The molecule has 3 heterocycles. The Balaban J connectivity index is 0.984. The third-order valence-electron chi connectivity index (χ3n) is 11.7. The van der Waals surface area contributed by atoms with Gasteiger partial charge in [-0.25, -0.2) is 4.79 Å². The summed E-state index contributed by atoms with van der Waals surface area (Å²) in [5.74, 6) is 0.550. The standard InChI is InChI=1S/C51H49Cl2N3O6/c1-3-8-40-25-37(21-22-54-40)34-14-11-32(12-15-34)24-44(51(58)59)55-50(57)46-26-38-27-47-48(28-39(38)29-56(46)45(4-2)35-9-6-5-7-10-35)62-49(31-61-47)36-16-18-41(19-17-36)60-30-33-13-20-42(52)43(53)23-33/h5-7,9-23,25,27-28,44-46,49H,3-4,8,24,26,29-31H2,1-2H3,(H,55,57)(H,58,59). The number of pyridine rings is 1. The van der Waals surface area contributed by atoms with E-state index in [0.29, 0.717) is 53.5 Å². The molecule has 11 heteroatoms. The molecule has 0 saturated carbocycles. The van der Waals surface area contributed by atoms with Crippen LogP contribution in [0.1, 0.15) is 77.9 Å². The van der Waals surface area contributed by atoms with Gasteiger partial charge in [-0.1, -0.05) is 116 Å². The van der Waals surface area contributed by atoms with Gasteiger partial charge in [-0.3, -0.25) is 14.7 Å². The number of fused-ring (bicyclic) bond motifs is 2. The zero-order chi connectivity index (χ0) is 43.2. The van der Waals surface area contributed by atoms with Crippen molar-refractivity contribution in [2.45, 2.75) is 83.3 Å². The highest BCUT2D eigenvalue weighted by Gasteiger charge is 2.39. The Morgan fingerprint density at radius 2 is 1.61 bits per heavy atom. The van der Waals surface area contributed by atoms with E-state index in [-0.39, 0.29) is 24.5 Å². The van der Waals surface area contributed by atoms with E-state index in [9.17, 15) is 14.7 Å². The molecule has 0 bridgehead atoms. The van der Waals surface area contributed by atoms with Crippen LogP contribution >= 0.6 is 23.2 Å². The number of carboxylic acids is 1. The van der Waals surface area contributed by atoms with Gasteiger partial charge in [0.1, 0.15) is 25.0 Å². The summed E-state index contributed by atoms with van der Waals surface area (Å²) in [7, 11) is 0. The summed E-state index contributed by atoms with van der Waals surface area (Å²) in [4.78, 5) is 33.9. The molecule has 1 aromatic heterocycles. The average molecular weight is 871 g/mol.